The summed E-state index contributed by atoms with van der Waals surface area (Å²) in [5, 5.41) is 3.31. The molecule has 0 fully saturated rings. The van der Waals surface area contributed by atoms with Gasteiger partial charge in [0, 0.05) is 0 Å². The molecule has 1 aromatic carbocycles. The molecule has 0 aliphatic heterocycles. The molecule has 0 radical (unpaired) electrons. The second-order valence-corrected chi connectivity index (χ2v) is 2.96. The van der Waals surface area contributed by atoms with E-state index in [0.717, 1.165) is 5.56 Å². The number of nitrogens with one attached hydrogen (secondary N) is 1. The third-order valence-corrected chi connectivity index (χ3v) is 1.84. The van der Waals surface area contributed by atoms with Crippen molar-refractivity contribution in [3.05, 3.63) is 35.9 Å². The van der Waals surface area contributed by atoms with E-state index in [-0.39, 0.29) is 6.67 Å². The lowest BCUT2D eigenvalue weighted by Gasteiger charge is -2.12. The second-order valence-electron chi connectivity index (χ2n) is 2.96. The Bertz CT molecular complexity index is 335. The van der Waals surface area contributed by atoms with Crippen molar-refractivity contribution in [1.82, 2.24) is 5.32 Å². The maximum Gasteiger partial charge on any atom is 0.142 e. The lowest BCUT2D eigenvalue weighted by molar-refractivity contribution is -0.104. The molecule has 15 heavy (non-hydrogen) atoms. The van der Waals surface area contributed by atoms with Crippen LogP contribution in [0.5, 0.6) is 0 Å². The molecule has 0 amide bonds. The Morgan fingerprint density at radius 3 is 2.60 bits per heavy atom. The van der Waals surface area contributed by atoms with Gasteiger partial charge in [-0.15, -0.1) is 0 Å². The van der Waals surface area contributed by atoms with Crippen LogP contribution in [0.15, 0.2) is 30.3 Å². The molecule has 0 aliphatic rings. The van der Waals surface area contributed by atoms with Crippen molar-refractivity contribution in [1.29, 1.82) is 0 Å². The number of carbonyl (C=O) groups excluding carboxylic acids is 1. The van der Waals surface area contributed by atoms with Crippen molar-refractivity contribution in [3.63, 3.8) is 0 Å². The summed E-state index contributed by atoms with van der Waals surface area (Å²) in [6.45, 7) is 0.142. The zero-order valence-corrected chi connectivity index (χ0v) is 8.48. The van der Waals surface area contributed by atoms with Crippen LogP contribution in [0.25, 0.3) is 6.08 Å². The van der Waals surface area contributed by atoms with Gasteiger partial charge in [-0.25, -0.2) is 0 Å². The predicted molar refractivity (Wildman–Crippen MR) is 59.1 cm³/mol. The Morgan fingerprint density at radius 2 is 2.07 bits per heavy atom. The SMILES string of the molecule is CNCN(F)c1ccc(/C=C/C=O)cc1. The van der Waals surface area contributed by atoms with E-state index >= 15 is 0 Å². The molecule has 0 saturated heterocycles. The van der Waals surface area contributed by atoms with Crippen LogP contribution >= 0.6 is 0 Å². The van der Waals surface area contributed by atoms with Crippen molar-refractivity contribution in [2.45, 2.75) is 0 Å². The number of anilines is 1. The molecule has 0 aliphatic carbocycles. The molecular weight excluding hydrogens is 195 g/mol. The molecule has 0 saturated carbocycles. The van der Waals surface area contributed by atoms with Gasteiger partial charge in [-0.05, 0) is 30.8 Å². The van der Waals surface area contributed by atoms with Crippen molar-refractivity contribution in [3.8, 4) is 0 Å². The minimum absolute atomic E-state index is 0.142. The molecule has 0 atom stereocenters. The van der Waals surface area contributed by atoms with E-state index in [1.165, 1.54) is 6.08 Å². The van der Waals surface area contributed by atoms with Gasteiger partial charge in [0.15, 0.2) is 0 Å². The molecule has 1 N–H and O–H groups in total. The first kappa shape index (κ1) is 11.4. The molecule has 0 spiro atoms. The van der Waals surface area contributed by atoms with Crippen LogP contribution in [-0.4, -0.2) is 20.0 Å². The van der Waals surface area contributed by atoms with E-state index in [9.17, 15) is 9.28 Å². The average Bonchev–Trinajstić information content (AvgIpc) is 2.27. The largest absolute Gasteiger partial charge is 0.301 e. The Hall–Kier alpha value is -1.68. The fourth-order valence-electron chi connectivity index (χ4n) is 1.13. The molecule has 0 bridgehead atoms. The van der Waals surface area contributed by atoms with Gasteiger partial charge >= 0.3 is 0 Å². The Labute approximate surface area is 88.1 Å². The highest BCUT2D eigenvalue weighted by atomic mass is 19.2. The molecule has 0 aromatic heterocycles. The number of benzene rings is 1. The quantitative estimate of drug-likeness (QED) is 0.346. The highest BCUT2D eigenvalue weighted by Gasteiger charge is 2.01. The average molecular weight is 208 g/mol. The number of nitrogens with zero attached hydrogens (tertiary/aromatic N) is 1. The lowest BCUT2D eigenvalue weighted by atomic mass is 10.2. The minimum atomic E-state index is 0.142. The zero-order valence-electron chi connectivity index (χ0n) is 8.48. The smallest absolute Gasteiger partial charge is 0.142 e. The van der Waals surface area contributed by atoms with Gasteiger partial charge in [0.05, 0.1) is 12.4 Å². The summed E-state index contributed by atoms with van der Waals surface area (Å²) < 4.78 is 13.2. The number of rotatable bonds is 5. The van der Waals surface area contributed by atoms with Gasteiger partial charge in [-0.1, -0.05) is 22.7 Å². The van der Waals surface area contributed by atoms with E-state index in [0.29, 0.717) is 17.1 Å². The number of aldehydes is 1. The van der Waals surface area contributed by atoms with E-state index < -0.39 is 0 Å². The molecule has 80 valence electrons. The van der Waals surface area contributed by atoms with E-state index in [1.54, 1.807) is 37.4 Å². The van der Waals surface area contributed by atoms with E-state index in [2.05, 4.69) is 5.32 Å². The van der Waals surface area contributed by atoms with Crippen LogP contribution in [0.2, 0.25) is 0 Å². The lowest BCUT2D eigenvalue weighted by Crippen LogP contribution is -2.24. The van der Waals surface area contributed by atoms with Crippen molar-refractivity contribution in [2.75, 3.05) is 18.8 Å². The molecule has 0 heterocycles. The number of carbonyl (C=O) groups is 1. The fourth-order valence-corrected chi connectivity index (χ4v) is 1.13. The predicted octanol–water partition coefficient (Wildman–Crippen LogP) is 1.77. The second kappa shape index (κ2) is 5.93. The monoisotopic (exact) mass is 208 g/mol. The molecule has 0 unspecified atom stereocenters. The topological polar surface area (TPSA) is 32.3 Å². The number of halogens is 1. The summed E-state index contributed by atoms with van der Waals surface area (Å²) in [4.78, 5) is 10.1. The third kappa shape index (κ3) is 3.52. The summed E-state index contributed by atoms with van der Waals surface area (Å²) >= 11 is 0. The Balaban J connectivity index is 2.71. The van der Waals surface area contributed by atoms with E-state index in [1.807, 2.05) is 0 Å². The zero-order chi connectivity index (χ0) is 11.1. The fraction of sp³-hybridized carbons (Fsp3) is 0.182. The minimum Gasteiger partial charge on any atom is -0.301 e. The van der Waals surface area contributed by atoms with Gasteiger partial charge in [-0.2, -0.15) is 5.12 Å². The van der Waals surface area contributed by atoms with Crippen LogP contribution < -0.4 is 10.4 Å². The highest BCUT2D eigenvalue weighted by Crippen LogP contribution is 2.15. The van der Waals surface area contributed by atoms with Crippen molar-refractivity contribution < 1.29 is 9.28 Å². The van der Waals surface area contributed by atoms with Gasteiger partial charge in [-0.3, -0.25) is 4.79 Å². The molecular formula is C11H13FN2O. The number of allylic oxidation sites excluding steroid dienone is 1. The third-order valence-electron chi connectivity index (χ3n) is 1.84. The number of hydrogen-bond donors (Lipinski definition) is 1. The summed E-state index contributed by atoms with van der Waals surface area (Å²) in [6.07, 6.45) is 3.77. The highest BCUT2D eigenvalue weighted by molar-refractivity contribution is 5.74. The normalized spacial score (nSPS) is 10.5. The van der Waals surface area contributed by atoms with Gasteiger partial charge in [0.2, 0.25) is 0 Å². The van der Waals surface area contributed by atoms with Gasteiger partial charge < -0.3 is 5.32 Å². The van der Waals surface area contributed by atoms with Crippen LogP contribution in [-0.2, 0) is 4.79 Å². The van der Waals surface area contributed by atoms with Gasteiger partial charge in [0.25, 0.3) is 0 Å². The van der Waals surface area contributed by atoms with E-state index in [4.69, 9.17) is 0 Å². The first-order chi connectivity index (χ1) is 7.27. The summed E-state index contributed by atoms with van der Waals surface area (Å²) in [5.41, 5.74) is 1.34. The van der Waals surface area contributed by atoms with Crippen LogP contribution in [0, 0.1) is 0 Å². The Kier molecular flexibility index (Phi) is 4.50. The summed E-state index contributed by atoms with van der Waals surface area (Å²) in [6, 6.07) is 6.80. The first-order valence-electron chi connectivity index (χ1n) is 4.57. The molecule has 3 nitrogen and oxygen atoms in total. The van der Waals surface area contributed by atoms with Crippen LogP contribution in [0.1, 0.15) is 5.56 Å². The number of hydrogen-bond acceptors (Lipinski definition) is 3. The first-order valence-corrected chi connectivity index (χ1v) is 4.57. The summed E-state index contributed by atoms with van der Waals surface area (Å²) in [5.74, 6) is 0. The summed E-state index contributed by atoms with van der Waals surface area (Å²) in [7, 11) is 1.67. The van der Waals surface area contributed by atoms with Crippen LogP contribution in [0.3, 0.4) is 0 Å². The van der Waals surface area contributed by atoms with Crippen LogP contribution in [0.4, 0.5) is 10.2 Å². The molecule has 4 heteroatoms. The molecule has 1 rings (SSSR count). The Morgan fingerprint density at radius 1 is 1.40 bits per heavy atom. The molecule has 1 aromatic rings. The maximum atomic E-state index is 13.2. The van der Waals surface area contributed by atoms with Crippen molar-refractivity contribution in [2.24, 2.45) is 0 Å². The van der Waals surface area contributed by atoms with Crippen molar-refractivity contribution >= 4 is 18.0 Å². The van der Waals surface area contributed by atoms with Gasteiger partial charge in [0.1, 0.15) is 6.29 Å². The standard InChI is InChI=1S/C11H13FN2O/c1-13-9-14(12)11-6-4-10(5-7-11)3-2-8-15/h2-8,13H,9H2,1H3/b3-2+. The maximum absolute atomic E-state index is 13.2.